The topological polar surface area (TPSA) is 60.4 Å². The maximum absolute atomic E-state index is 13.5. The second-order valence-corrected chi connectivity index (χ2v) is 4.99. The molecule has 0 saturated carbocycles. The Hall–Kier alpha value is -1.47. The smallest absolute Gasteiger partial charge is 0.168 e. The average Bonchev–Trinajstić information content (AvgIpc) is 2.26. The van der Waals surface area contributed by atoms with Gasteiger partial charge in [0, 0.05) is 26.2 Å². The van der Waals surface area contributed by atoms with Crippen LogP contribution in [0.1, 0.15) is 6.92 Å². The second-order valence-electron chi connectivity index (χ2n) is 4.99. The van der Waals surface area contributed by atoms with Crippen LogP contribution in [0, 0.1) is 11.6 Å². The van der Waals surface area contributed by atoms with E-state index in [0.29, 0.717) is 6.54 Å². The number of nitrogens with zero attached hydrogens (tertiary/aromatic N) is 2. The van der Waals surface area contributed by atoms with Gasteiger partial charge in [0.2, 0.25) is 0 Å². The number of likely N-dealkylation sites (N-methyl/N-ethyl adjacent to an activating group) is 1. The molecule has 0 radical (unpaired) electrons. The van der Waals surface area contributed by atoms with Crippen LogP contribution in [0.2, 0.25) is 0 Å². The molecule has 3 N–H and O–H groups in total. The lowest BCUT2D eigenvalue weighted by Gasteiger charge is -2.27. The van der Waals surface area contributed by atoms with Crippen molar-refractivity contribution < 1.29 is 13.9 Å². The Kier molecular flexibility index (Phi) is 5.02. The summed E-state index contributed by atoms with van der Waals surface area (Å²) < 4.78 is 26.7. The Morgan fingerprint density at radius 3 is 2.42 bits per heavy atom. The predicted molar refractivity (Wildman–Crippen MR) is 71.4 cm³/mol. The highest BCUT2D eigenvalue weighted by Gasteiger charge is 2.22. The predicted octanol–water partition coefficient (Wildman–Crippen LogP) is 1.13. The van der Waals surface area contributed by atoms with E-state index in [4.69, 9.17) is 0 Å². The van der Waals surface area contributed by atoms with Crippen molar-refractivity contribution in [1.29, 1.82) is 0 Å². The molecule has 1 atom stereocenters. The van der Waals surface area contributed by atoms with Gasteiger partial charge >= 0.3 is 0 Å². The van der Waals surface area contributed by atoms with Crippen LogP contribution < -0.4 is 10.6 Å². The standard InChI is InChI=1S/C12H20F2N4O/c1-12(19,7-18(3)4)6-16-11-9(14)5-8(13)10(15-2)17-11/h5,19H,6-7H2,1-4H3,(H2,15,16,17). The van der Waals surface area contributed by atoms with Crippen LogP contribution in [0.25, 0.3) is 0 Å². The SMILES string of the molecule is CNc1nc(NCC(C)(O)CN(C)C)c(F)cc1F. The van der Waals surface area contributed by atoms with E-state index in [-0.39, 0.29) is 18.2 Å². The van der Waals surface area contributed by atoms with Crippen LogP contribution >= 0.6 is 0 Å². The number of pyridine rings is 1. The van der Waals surface area contributed by atoms with E-state index >= 15 is 0 Å². The molecule has 0 fully saturated rings. The minimum atomic E-state index is -1.05. The highest BCUT2D eigenvalue weighted by atomic mass is 19.1. The molecule has 0 spiro atoms. The summed E-state index contributed by atoms with van der Waals surface area (Å²) >= 11 is 0. The average molecular weight is 274 g/mol. The maximum Gasteiger partial charge on any atom is 0.168 e. The van der Waals surface area contributed by atoms with Crippen molar-refractivity contribution in [3.8, 4) is 0 Å². The molecule has 0 bridgehead atoms. The Morgan fingerprint density at radius 2 is 1.89 bits per heavy atom. The lowest BCUT2D eigenvalue weighted by molar-refractivity contribution is 0.0458. The van der Waals surface area contributed by atoms with Gasteiger partial charge in [0.15, 0.2) is 23.3 Å². The summed E-state index contributed by atoms with van der Waals surface area (Å²) in [5, 5.41) is 15.3. The van der Waals surface area contributed by atoms with Crippen LogP contribution in [0.5, 0.6) is 0 Å². The van der Waals surface area contributed by atoms with Crippen molar-refractivity contribution in [1.82, 2.24) is 9.88 Å². The highest BCUT2D eigenvalue weighted by Crippen LogP contribution is 2.19. The summed E-state index contributed by atoms with van der Waals surface area (Å²) in [7, 11) is 5.14. The van der Waals surface area contributed by atoms with Gasteiger partial charge in [-0.2, -0.15) is 0 Å². The fourth-order valence-corrected chi connectivity index (χ4v) is 1.78. The molecule has 5 nitrogen and oxygen atoms in total. The summed E-state index contributed by atoms with van der Waals surface area (Å²) in [5.41, 5.74) is -1.05. The minimum absolute atomic E-state index is 0.0452. The molecule has 0 aromatic carbocycles. The van der Waals surface area contributed by atoms with E-state index in [1.165, 1.54) is 7.05 Å². The summed E-state index contributed by atoms with van der Waals surface area (Å²) in [4.78, 5) is 5.59. The first-order valence-electron chi connectivity index (χ1n) is 5.90. The maximum atomic E-state index is 13.5. The van der Waals surface area contributed by atoms with Crippen molar-refractivity contribution in [2.24, 2.45) is 0 Å². The molecule has 1 heterocycles. The van der Waals surface area contributed by atoms with Crippen molar-refractivity contribution in [3.63, 3.8) is 0 Å². The number of anilines is 2. The van der Waals surface area contributed by atoms with E-state index in [0.717, 1.165) is 6.07 Å². The van der Waals surface area contributed by atoms with Gasteiger partial charge in [-0.05, 0) is 21.0 Å². The number of aromatic nitrogens is 1. The number of nitrogens with one attached hydrogen (secondary N) is 2. The third-order valence-electron chi connectivity index (χ3n) is 2.46. The lowest BCUT2D eigenvalue weighted by Crippen LogP contribution is -2.43. The number of hydrogen-bond donors (Lipinski definition) is 3. The van der Waals surface area contributed by atoms with E-state index in [1.54, 1.807) is 6.92 Å². The third kappa shape index (κ3) is 4.60. The summed E-state index contributed by atoms with van der Waals surface area (Å²) in [6.07, 6.45) is 0. The quantitative estimate of drug-likeness (QED) is 0.726. The summed E-state index contributed by atoms with van der Waals surface area (Å²) in [5.74, 6) is -1.69. The zero-order chi connectivity index (χ0) is 14.6. The fourth-order valence-electron chi connectivity index (χ4n) is 1.78. The Labute approximate surface area is 111 Å². The molecule has 0 saturated heterocycles. The number of aliphatic hydroxyl groups is 1. The van der Waals surface area contributed by atoms with E-state index in [1.807, 2.05) is 19.0 Å². The van der Waals surface area contributed by atoms with Gasteiger partial charge in [0.1, 0.15) is 0 Å². The summed E-state index contributed by atoms with van der Waals surface area (Å²) in [6, 6.07) is 0.752. The van der Waals surface area contributed by atoms with Gasteiger partial charge in [0.05, 0.1) is 5.60 Å². The van der Waals surface area contributed by atoms with Crippen LogP contribution in [0.15, 0.2) is 6.07 Å². The molecular formula is C12H20F2N4O. The fraction of sp³-hybridized carbons (Fsp3) is 0.583. The molecule has 1 aromatic heterocycles. The molecule has 0 aliphatic carbocycles. The number of rotatable bonds is 6. The van der Waals surface area contributed by atoms with E-state index < -0.39 is 17.2 Å². The van der Waals surface area contributed by atoms with Crippen LogP contribution in [0.4, 0.5) is 20.4 Å². The van der Waals surface area contributed by atoms with Crippen LogP contribution in [-0.4, -0.2) is 54.8 Å². The zero-order valence-corrected chi connectivity index (χ0v) is 11.6. The Bertz CT molecular complexity index is 438. The van der Waals surface area contributed by atoms with Crippen molar-refractivity contribution in [2.75, 3.05) is 44.9 Å². The van der Waals surface area contributed by atoms with E-state index in [9.17, 15) is 13.9 Å². The molecular weight excluding hydrogens is 254 g/mol. The van der Waals surface area contributed by atoms with Crippen molar-refractivity contribution >= 4 is 11.6 Å². The van der Waals surface area contributed by atoms with Gasteiger partial charge in [-0.25, -0.2) is 13.8 Å². The van der Waals surface area contributed by atoms with Gasteiger partial charge in [-0.1, -0.05) is 0 Å². The van der Waals surface area contributed by atoms with Crippen molar-refractivity contribution in [2.45, 2.75) is 12.5 Å². The van der Waals surface area contributed by atoms with Crippen molar-refractivity contribution in [3.05, 3.63) is 17.7 Å². The highest BCUT2D eigenvalue weighted by molar-refractivity contribution is 5.47. The van der Waals surface area contributed by atoms with Gasteiger partial charge in [-0.15, -0.1) is 0 Å². The first-order chi connectivity index (χ1) is 8.75. The van der Waals surface area contributed by atoms with Gasteiger partial charge < -0.3 is 20.6 Å². The minimum Gasteiger partial charge on any atom is -0.387 e. The van der Waals surface area contributed by atoms with Gasteiger partial charge in [-0.3, -0.25) is 0 Å². The Balaban J connectivity index is 2.77. The summed E-state index contributed by atoms with van der Waals surface area (Å²) in [6.45, 7) is 2.13. The molecule has 19 heavy (non-hydrogen) atoms. The first kappa shape index (κ1) is 15.6. The number of hydrogen-bond acceptors (Lipinski definition) is 5. The molecule has 7 heteroatoms. The number of halogens is 2. The first-order valence-corrected chi connectivity index (χ1v) is 5.90. The molecule has 0 aliphatic rings. The van der Waals surface area contributed by atoms with Crippen LogP contribution in [0.3, 0.4) is 0 Å². The van der Waals surface area contributed by atoms with E-state index in [2.05, 4.69) is 15.6 Å². The lowest BCUT2D eigenvalue weighted by atomic mass is 10.1. The third-order valence-corrected chi connectivity index (χ3v) is 2.46. The molecule has 0 aliphatic heterocycles. The largest absolute Gasteiger partial charge is 0.387 e. The molecule has 1 rings (SSSR count). The molecule has 0 amide bonds. The molecule has 1 aromatic rings. The molecule has 108 valence electrons. The normalized spacial score (nSPS) is 14.3. The monoisotopic (exact) mass is 274 g/mol. The Morgan fingerprint density at radius 1 is 1.32 bits per heavy atom. The zero-order valence-electron chi connectivity index (χ0n) is 11.6. The second kappa shape index (κ2) is 6.12. The van der Waals surface area contributed by atoms with Gasteiger partial charge in [0.25, 0.3) is 0 Å². The molecule has 1 unspecified atom stereocenters. The van der Waals surface area contributed by atoms with Crippen LogP contribution in [-0.2, 0) is 0 Å².